The second kappa shape index (κ2) is 130. The zero-order valence-corrected chi connectivity index (χ0v) is 87.4. The molecule has 0 saturated carbocycles. The maximum absolute atomic E-state index is 10.3. The van der Waals surface area contributed by atoms with Gasteiger partial charge in [0.05, 0.1) is 0 Å². The molecule has 0 saturated heterocycles. The van der Waals surface area contributed by atoms with Crippen molar-refractivity contribution in [2.24, 2.45) is 0 Å². The standard InChI is InChI=1S/5C22H44O2.Fe.Zn/c5*1-2-3-4-5-6-7-8-9-10-11-12-13-14-15-16-17-18-19-20-21-22(23)24;;/h5*2-21H2,1H3,(H,23,24);;/q;;;;;+3;+2/p-5. The molecule has 0 spiro atoms. The van der Waals surface area contributed by atoms with E-state index in [1.54, 1.807) is 0 Å². The average molecular weight is 1820 g/mol. The molecule has 0 aliphatic rings. The van der Waals surface area contributed by atoms with Gasteiger partial charge in [-0.1, -0.05) is 612 Å². The smallest absolute Gasteiger partial charge is 0.550 e. The van der Waals surface area contributed by atoms with Gasteiger partial charge in [-0.05, 0) is 64.2 Å². The van der Waals surface area contributed by atoms with E-state index in [2.05, 4.69) is 34.6 Å². The molecule has 0 fully saturated rings. The van der Waals surface area contributed by atoms with Gasteiger partial charge in [0, 0.05) is 29.8 Å². The van der Waals surface area contributed by atoms with Gasteiger partial charge >= 0.3 is 36.5 Å². The Morgan fingerprint density at radius 3 is 0.213 bits per heavy atom. The Hall–Kier alpha value is -1.51. The van der Waals surface area contributed by atoms with Gasteiger partial charge in [0.25, 0.3) is 0 Å². The molecule has 0 amide bonds. The molecule has 0 atom stereocenters. The first kappa shape index (κ1) is 134. The predicted octanol–water partition coefficient (Wildman–Crippen LogP) is 32.8. The average Bonchev–Trinajstić information content (AvgIpc) is 1.16. The number of carboxylic acid groups (broad SMARTS) is 5. The molecular formula is C110H215FeO10Zn. The first-order valence-corrected chi connectivity index (χ1v) is 54.8. The van der Waals surface area contributed by atoms with Crippen LogP contribution in [0.5, 0.6) is 0 Å². The Labute approximate surface area is 787 Å². The molecule has 0 unspecified atom stereocenters. The van der Waals surface area contributed by atoms with Gasteiger partial charge < -0.3 is 49.5 Å². The van der Waals surface area contributed by atoms with Crippen LogP contribution in [0.3, 0.4) is 0 Å². The maximum atomic E-state index is 10.3. The molecule has 0 aromatic carbocycles. The SMILES string of the molecule is CCCCCCCCCCCCCCCCCCCCCC(=O)[O-].CCCCCCCCCCCCCCCCCCCCCC(=O)[O-].CCCCCCCCCCCCCCCCCCCCCC(=O)[O-].CCCCCCCCCCCCCCCCCCCCCC(=O)[O-].CCCCCCCCCCCCCCCCCCCCCC(=O)[O-].[Fe+3].[Zn+2]. The number of carbonyl (C=O) groups is 5. The van der Waals surface area contributed by atoms with Crippen LogP contribution in [-0.2, 0) is 60.5 Å². The summed E-state index contributed by atoms with van der Waals surface area (Å²) in [6.45, 7) is 11.4. The summed E-state index contributed by atoms with van der Waals surface area (Å²) in [5.74, 6) is -4.50. The van der Waals surface area contributed by atoms with E-state index in [1.807, 2.05) is 0 Å². The van der Waals surface area contributed by atoms with Gasteiger partial charge in [-0.2, -0.15) is 0 Å². The molecule has 0 aromatic rings. The predicted molar refractivity (Wildman–Crippen MR) is 515 cm³/mol. The van der Waals surface area contributed by atoms with Crippen LogP contribution in [-0.4, -0.2) is 29.8 Å². The zero-order valence-electron chi connectivity index (χ0n) is 83.4. The maximum Gasteiger partial charge on any atom is 3.00 e. The van der Waals surface area contributed by atoms with E-state index in [0.717, 1.165) is 64.2 Å². The minimum atomic E-state index is -0.901. The molecule has 0 bridgehead atoms. The summed E-state index contributed by atoms with van der Waals surface area (Å²) in [6, 6.07) is 0. The van der Waals surface area contributed by atoms with Gasteiger partial charge in [0.15, 0.2) is 0 Å². The fourth-order valence-corrected chi connectivity index (χ4v) is 16.7. The largest absolute Gasteiger partial charge is 3.00 e. The second-order valence-corrected chi connectivity index (χ2v) is 37.4. The van der Waals surface area contributed by atoms with Crippen molar-refractivity contribution >= 4 is 29.8 Å². The molecule has 122 heavy (non-hydrogen) atoms. The molecule has 0 aliphatic carbocycles. The van der Waals surface area contributed by atoms with Crippen molar-refractivity contribution in [1.82, 2.24) is 0 Å². The van der Waals surface area contributed by atoms with E-state index in [9.17, 15) is 49.5 Å². The quantitative estimate of drug-likeness (QED) is 0.0417. The van der Waals surface area contributed by atoms with E-state index < -0.39 is 29.8 Å². The monoisotopic (exact) mass is 1820 g/mol. The number of carboxylic acids is 5. The van der Waals surface area contributed by atoms with Crippen molar-refractivity contribution in [3.63, 3.8) is 0 Å². The number of carbonyl (C=O) groups excluding carboxylic acids is 5. The molecule has 12 heteroatoms. The van der Waals surface area contributed by atoms with Crippen LogP contribution in [0.15, 0.2) is 0 Å². The Bertz CT molecular complexity index is 1570. The first-order chi connectivity index (χ1) is 58.9. The summed E-state index contributed by atoms with van der Waals surface area (Å²) < 4.78 is 0. The van der Waals surface area contributed by atoms with Crippen molar-refractivity contribution in [3.8, 4) is 0 Å². The van der Waals surface area contributed by atoms with Gasteiger partial charge in [-0.3, -0.25) is 0 Å². The third-order valence-corrected chi connectivity index (χ3v) is 24.9. The summed E-state index contributed by atoms with van der Waals surface area (Å²) in [4.78, 5) is 51.4. The minimum Gasteiger partial charge on any atom is -0.550 e. The number of aliphatic carboxylic acids is 5. The fourth-order valence-electron chi connectivity index (χ4n) is 16.7. The number of rotatable bonds is 100. The fraction of sp³-hybridized carbons (Fsp3) is 0.955. The molecule has 0 heterocycles. The third-order valence-electron chi connectivity index (χ3n) is 24.9. The Kier molecular flexibility index (Phi) is 143. The Balaban J connectivity index is -0.000000270. The molecule has 725 valence electrons. The summed E-state index contributed by atoms with van der Waals surface area (Å²) >= 11 is 0. The molecule has 0 aromatic heterocycles. The van der Waals surface area contributed by atoms with E-state index in [0.29, 0.717) is 0 Å². The summed E-state index contributed by atoms with van der Waals surface area (Å²) in [5, 5.41) is 51.4. The van der Waals surface area contributed by atoms with E-state index in [4.69, 9.17) is 0 Å². The summed E-state index contributed by atoms with van der Waals surface area (Å²) in [6.07, 6.45) is 129. The number of hydrogen-bond acceptors (Lipinski definition) is 10. The normalized spacial score (nSPS) is 10.9. The van der Waals surface area contributed by atoms with Crippen molar-refractivity contribution in [1.29, 1.82) is 0 Å². The molecule has 1 radical (unpaired) electrons. The molecule has 0 N–H and O–H groups in total. The minimum absolute atomic E-state index is 0. The van der Waals surface area contributed by atoms with E-state index >= 15 is 0 Å². The van der Waals surface area contributed by atoms with Gasteiger partial charge in [0.1, 0.15) is 0 Å². The van der Waals surface area contributed by atoms with Crippen LogP contribution >= 0.6 is 0 Å². The number of hydrogen-bond donors (Lipinski definition) is 0. The van der Waals surface area contributed by atoms with E-state index in [-0.39, 0.29) is 68.7 Å². The zero-order chi connectivity index (χ0) is 88.6. The van der Waals surface area contributed by atoms with E-state index in [1.165, 1.54) is 546 Å². The Morgan fingerprint density at radius 2 is 0.164 bits per heavy atom. The van der Waals surface area contributed by atoms with Gasteiger partial charge in [0.2, 0.25) is 0 Å². The van der Waals surface area contributed by atoms with Crippen LogP contribution in [0.25, 0.3) is 0 Å². The van der Waals surface area contributed by atoms with Crippen molar-refractivity contribution < 1.29 is 86.1 Å². The van der Waals surface area contributed by atoms with Crippen LogP contribution < -0.4 is 25.5 Å². The summed E-state index contributed by atoms with van der Waals surface area (Å²) in [7, 11) is 0. The first-order valence-electron chi connectivity index (χ1n) is 54.8. The van der Waals surface area contributed by atoms with Crippen LogP contribution in [0, 0.1) is 0 Å². The van der Waals surface area contributed by atoms with Gasteiger partial charge in [-0.15, -0.1) is 0 Å². The molecule has 0 rings (SSSR count). The van der Waals surface area contributed by atoms with Crippen molar-refractivity contribution in [2.75, 3.05) is 0 Å². The van der Waals surface area contributed by atoms with Crippen molar-refractivity contribution in [3.05, 3.63) is 0 Å². The molecule has 10 nitrogen and oxygen atoms in total. The summed E-state index contributed by atoms with van der Waals surface area (Å²) in [5.41, 5.74) is 0. The van der Waals surface area contributed by atoms with Crippen LogP contribution in [0.2, 0.25) is 0 Å². The van der Waals surface area contributed by atoms with Crippen LogP contribution in [0.4, 0.5) is 0 Å². The topological polar surface area (TPSA) is 201 Å². The molecular weight excluding hydrogens is 1600 g/mol. The third kappa shape index (κ3) is 153. The van der Waals surface area contributed by atoms with Crippen molar-refractivity contribution in [2.45, 2.75) is 677 Å². The Morgan fingerprint density at radius 1 is 0.115 bits per heavy atom. The number of unbranched alkanes of at least 4 members (excludes halogenated alkanes) is 90. The van der Waals surface area contributed by atoms with Crippen LogP contribution in [0.1, 0.15) is 677 Å². The van der Waals surface area contributed by atoms with Gasteiger partial charge in [-0.25, -0.2) is 0 Å². The molecule has 0 aliphatic heterocycles. The second-order valence-electron chi connectivity index (χ2n) is 37.4.